The van der Waals surface area contributed by atoms with E-state index >= 15 is 0 Å². The van der Waals surface area contributed by atoms with Crippen LogP contribution < -0.4 is 10.5 Å². The minimum Gasteiger partial charge on any atom is -0.492 e. The number of amides is 1. The molecule has 0 heterocycles. The number of ether oxygens (including phenoxy) is 1. The normalized spacial score (nSPS) is 12.3. The Bertz CT molecular complexity index is 420. The Morgan fingerprint density at radius 3 is 2.50 bits per heavy atom. The third-order valence-electron chi connectivity index (χ3n) is 3.20. The summed E-state index contributed by atoms with van der Waals surface area (Å²) in [4.78, 5) is 13.6. The first-order valence-corrected chi connectivity index (χ1v) is 7.16. The lowest BCUT2D eigenvalue weighted by atomic mass is 10.0. The Kier molecular flexibility index (Phi) is 6.82. The summed E-state index contributed by atoms with van der Waals surface area (Å²) in [5.41, 5.74) is 5.90. The predicted molar refractivity (Wildman–Crippen MR) is 82.0 cm³/mol. The molecule has 2 N–H and O–H groups in total. The second-order valence-corrected chi connectivity index (χ2v) is 5.67. The molecule has 112 valence electrons. The molecule has 0 saturated carbocycles. The van der Waals surface area contributed by atoms with E-state index in [2.05, 4.69) is 0 Å². The third-order valence-corrected chi connectivity index (χ3v) is 3.45. The maximum Gasteiger partial charge on any atom is 0.223 e. The van der Waals surface area contributed by atoms with Crippen molar-refractivity contribution in [2.75, 3.05) is 20.2 Å². The number of carbonyl (C=O) groups is 1. The highest BCUT2D eigenvalue weighted by molar-refractivity contribution is 6.30. The molecular weight excluding hydrogens is 276 g/mol. The second kappa shape index (κ2) is 8.12. The van der Waals surface area contributed by atoms with Gasteiger partial charge in [-0.2, -0.15) is 0 Å². The molecule has 0 radical (unpaired) electrons. The first-order chi connectivity index (χ1) is 9.40. The van der Waals surface area contributed by atoms with Crippen molar-refractivity contribution < 1.29 is 9.53 Å². The Hall–Kier alpha value is -1.26. The van der Waals surface area contributed by atoms with Crippen LogP contribution >= 0.6 is 11.6 Å². The molecular formula is C15H23ClN2O2. The molecule has 0 spiro atoms. The number of carbonyl (C=O) groups excluding carboxylic acids is 1. The number of likely N-dealkylation sites (N-methyl/N-ethyl adjacent to an activating group) is 1. The maximum atomic E-state index is 11.9. The number of nitrogens with two attached hydrogens (primary N) is 1. The van der Waals surface area contributed by atoms with Crippen molar-refractivity contribution in [1.82, 2.24) is 4.90 Å². The second-order valence-electron chi connectivity index (χ2n) is 5.23. The van der Waals surface area contributed by atoms with Gasteiger partial charge in [0.25, 0.3) is 0 Å². The fourth-order valence-corrected chi connectivity index (χ4v) is 1.68. The van der Waals surface area contributed by atoms with Crippen LogP contribution in [0.25, 0.3) is 0 Å². The standard InChI is InChI=1S/C15H23ClN2O2/c1-11(2)14(17)10-15(19)18(3)8-9-20-13-6-4-12(16)5-7-13/h4-7,11,14H,8-10,17H2,1-3H3. The van der Waals surface area contributed by atoms with Crippen molar-refractivity contribution >= 4 is 17.5 Å². The van der Waals surface area contributed by atoms with E-state index in [0.717, 1.165) is 5.75 Å². The summed E-state index contributed by atoms with van der Waals surface area (Å²) in [6, 6.07) is 7.06. The molecule has 4 nitrogen and oxygen atoms in total. The van der Waals surface area contributed by atoms with Crippen LogP contribution in [0.5, 0.6) is 5.75 Å². The van der Waals surface area contributed by atoms with Gasteiger partial charge in [0.1, 0.15) is 12.4 Å². The van der Waals surface area contributed by atoms with E-state index in [1.165, 1.54) is 0 Å². The van der Waals surface area contributed by atoms with Crippen LogP contribution in [0.4, 0.5) is 0 Å². The lowest BCUT2D eigenvalue weighted by molar-refractivity contribution is -0.130. The summed E-state index contributed by atoms with van der Waals surface area (Å²) in [5, 5.41) is 0.673. The minimum absolute atomic E-state index is 0.0471. The van der Waals surface area contributed by atoms with Gasteiger partial charge in [0.05, 0.1) is 6.54 Å². The number of halogens is 1. The quantitative estimate of drug-likeness (QED) is 0.841. The SMILES string of the molecule is CC(C)C(N)CC(=O)N(C)CCOc1ccc(Cl)cc1. The van der Waals surface area contributed by atoms with Crippen molar-refractivity contribution in [2.24, 2.45) is 11.7 Å². The zero-order valence-electron chi connectivity index (χ0n) is 12.3. The van der Waals surface area contributed by atoms with E-state index in [1.54, 1.807) is 36.2 Å². The fourth-order valence-electron chi connectivity index (χ4n) is 1.55. The van der Waals surface area contributed by atoms with E-state index in [-0.39, 0.29) is 11.9 Å². The Morgan fingerprint density at radius 1 is 1.35 bits per heavy atom. The first kappa shape index (κ1) is 16.8. The summed E-state index contributed by atoms with van der Waals surface area (Å²) >= 11 is 5.79. The number of nitrogens with zero attached hydrogens (tertiary/aromatic N) is 1. The predicted octanol–water partition coefficient (Wildman–Crippen LogP) is 2.55. The zero-order valence-corrected chi connectivity index (χ0v) is 13.1. The number of rotatable bonds is 7. The van der Waals surface area contributed by atoms with Crippen molar-refractivity contribution in [3.05, 3.63) is 29.3 Å². The Labute approximate surface area is 125 Å². The van der Waals surface area contributed by atoms with Gasteiger partial charge in [0.2, 0.25) is 5.91 Å². The summed E-state index contributed by atoms with van der Waals surface area (Å²) < 4.78 is 5.55. The van der Waals surface area contributed by atoms with Gasteiger partial charge in [0, 0.05) is 24.5 Å². The van der Waals surface area contributed by atoms with Crippen molar-refractivity contribution in [1.29, 1.82) is 0 Å². The van der Waals surface area contributed by atoms with Crippen LogP contribution in [0, 0.1) is 5.92 Å². The fraction of sp³-hybridized carbons (Fsp3) is 0.533. The minimum atomic E-state index is -0.0952. The van der Waals surface area contributed by atoms with E-state index in [4.69, 9.17) is 22.1 Å². The van der Waals surface area contributed by atoms with Crippen molar-refractivity contribution in [3.63, 3.8) is 0 Å². The molecule has 0 bridgehead atoms. The summed E-state index contributed by atoms with van der Waals surface area (Å²) in [7, 11) is 1.76. The summed E-state index contributed by atoms with van der Waals surface area (Å²) in [6.07, 6.45) is 0.370. The highest BCUT2D eigenvalue weighted by Gasteiger charge is 2.16. The van der Waals surface area contributed by atoms with Gasteiger partial charge >= 0.3 is 0 Å². The Morgan fingerprint density at radius 2 is 1.95 bits per heavy atom. The van der Waals surface area contributed by atoms with Crippen molar-refractivity contribution in [3.8, 4) is 5.75 Å². The molecule has 1 unspecified atom stereocenters. The molecule has 0 aromatic heterocycles. The van der Waals surface area contributed by atoms with E-state index in [9.17, 15) is 4.79 Å². The van der Waals surface area contributed by atoms with Gasteiger partial charge in [-0.3, -0.25) is 4.79 Å². The van der Waals surface area contributed by atoms with Crippen LogP contribution in [0.3, 0.4) is 0 Å². The van der Waals surface area contributed by atoms with Gasteiger partial charge in [-0.05, 0) is 30.2 Å². The number of hydrogen-bond donors (Lipinski definition) is 1. The number of benzene rings is 1. The molecule has 1 atom stereocenters. The molecule has 1 aromatic rings. The average molecular weight is 299 g/mol. The molecule has 1 amide bonds. The maximum absolute atomic E-state index is 11.9. The molecule has 0 aliphatic rings. The topological polar surface area (TPSA) is 55.6 Å². The summed E-state index contributed by atoms with van der Waals surface area (Å²) in [6.45, 7) is 5.01. The van der Waals surface area contributed by atoms with E-state index < -0.39 is 0 Å². The van der Waals surface area contributed by atoms with Crippen LogP contribution in [-0.4, -0.2) is 37.0 Å². The van der Waals surface area contributed by atoms with Gasteiger partial charge < -0.3 is 15.4 Å². The zero-order chi connectivity index (χ0) is 15.1. The first-order valence-electron chi connectivity index (χ1n) is 6.78. The highest BCUT2D eigenvalue weighted by atomic mass is 35.5. The van der Waals surface area contributed by atoms with Gasteiger partial charge in [-0.25, -0.2) is 0 Å². The van der Waals surface area contributed by atoms with Crippen LogP contribution in [0.15, 0.2) is 24.3 Å². The van der Waals surface area contributed by atoms with E-state index in [0.29, 0.717) is 30.5 Å². The Balaban J connectivity index is 2.30. The van der Waals surface area contributed by atoms with Gasteiger partial charge in [0.15, 0.2) is 0 Å². The van der Waals surface area contributed by atoms with Crippen LogP contribution in [-0.2, 0) is 4.79 Å². The van der Waals surface area contributed by atoms with Crippen LogP contribution in [0.1, 0.15) is 20.3 Å². The molecule has 0 fully saturated rings. The van der Waals surface area contributed by atoms with Gasteiger partial charge in [-0.1, -0.05) is 25.4 Å². The average Bonchev–Trinajstić information content (AvgIpc) is 2.40. The highest BCUT2D eigenvalue weighted by Crippen LogP contribution is 2.15. The molecule has 0 saturated heterocycles. The third kappa shape index (κ3) is 5.80. The summed E-state index contributed by atoms with van der Waals surface area (Å²) in [5.74, 6) is 1.10. The molecule has 0 aliphatic carbocycles. The smallest absolute Gasteiger partial charge is 0.223 e. The molecule has 5 heteroatoms. The largest absolute Gasteiger partial charge is 0.492 e. The molecule has 20 heavy (non-hydrogen) atoms. The lowest BCUT2D eigenvalue weighted by Crippen LogP contribution is -2.37. The van der Waals surface area contributed by atoms with E-state index in [1.807, 2.05) is 13.8 Å². The lowest BCUT2D eigenvalue weighted by Gasteiger charge is -2.21. The molecule has 1 rings (SSSR count). The number of hydrogen-bond acceptors (Lipinski definition) is 3. The van der Waals surface area contributed by atoms with Gasteiger partial charge in [-0.15, -0.1) is 0 Å². The van der Waals surface area contributed by atoms with Crippen molar-refractivity contribution in [2.45, 2.75) is 26.3 Å². The van der Waals surface area contributed by atoms with Crippen LogP contribution in [0.2, 0.25) is 5.02 Å². The monoisotopic (exact) mass is 298 g/mol. The molecule has 0 aliphatic heterocycles. The molecule has 1 aromatic carbocycles.